The Morgan fingerprint density at radius 1 is 1.17 bits per heavy atom. The summed E-state index contributed by atoms with van der Waals surface area (Å²) < 4.78 is 5.07. The van der Waals surface area contributed by atoms with Crippen LogP contribution in [-0.2, 0) is 14.3 Å². The molecule has 0 aliphatic heterocycles. The Morgan fingerprint density at radius 2 is 1.79 bits per heavy atom. The zero-order chi connectivity index (χ0) is 21.7. The molecule has 2 unspecified atom stereocenters. The molecule has 0 heterocycles. The molecule has 0 saturated carbocycles. The van der Waals surface area contributed by atoms with Crippen LogP contribution in [0.25, 0.3) is 0 Å². The van der Waals surface area contributed by atoms with Crippen molar-refractivity contribution in [1.29, 1.82) is 0 Å². The Kier molecular flexibility index (Phi) is 7.06. The minimum atomic E-state index is -1.94. The number of carbonyl (C=O) groups excluding carboxylic acids is 2. The van der Waals surface area contributed by atoms with Gasteiger partial charge in [-0.1, -0.05) is 30.7 Å². The van der Waals surface area contributed by atoms with Crippen LogP contribution in [0.3, 0.4) is 0 Å². The smallest absolute Gasteiger partial charge is 0.325 e. The minimum absolute atomic E-state index is 0.128. The fraction of sp³-hybridized carbons (Fsp3) is 0.250. The third-order valence-corrected chi connectivity index (χ3v) is 4.54. The van der Waals surface area contributed by atoms with Crippen molar-refractivity contribution in [1.82, 2.24) is 0 Å². The number of carboxylic acid groups (broad SMARTS) is 1. The largest absolute Gasteiger partial charge is 0.480 e. The van der Waals surface area contributed by atoms with E-state index in [1.54, 1.807) is 13.8 Å². The van der Waals surface area contributed by atoms with E-state index >= 15 is 0 Å². The van der Waals surface area contributed by atoms with Crippen LogP contribution in [0.4, 0.5) is 5.69 Å². The lowest BCUT2D eigenvalue weighted by Crippen LogP contribution is -2.28. The molecule has 0 aliphatic rings. The molecule has 2 aromatic carbocycles. The second-order valence-electron chi connectivity index (χ2n) is 6.26. The molecule has 152 valence electrons. The van der Waals surface area contributed by atoms with Gasteiger partial charge in [-0.15, -0.1) is 0 Å². The number of rotatable bonds is 8. The molecule has 2 rings (SSSR count). The number of benzene rings is 2. The second-order valence-corrected chi connectivity index (χ2v) is 6.70. The lowest BCUT2D eigenvalue weighted by molar-refractivity contribution is -0.385. The first-order valence-electron chi connectivity index (χ1n) is 8.68. The highest BCUT2D eigenvalue weighted by molar-refractivity contribution is 6.30. The number of ether oxygens (including phenoxy) is 1. The van der Waals surface area contributed by atoms with Crippen LogP contribution in [0, 0.1) is 10.1 Å². The molecule has 2 aromatic rings. The molecule has 0 spiro atoms. The third kappa shape index (κ3) is 4.97. The first-order chi connectivity index (χ1) is 13.7. The van der Waals surface area contributed by atoms with Gasteiger partial charge in [0.15, 0.2) is 11.7 Å². The van der Waals surface area contributed by atoms with Gasteiger partial charge in [0.05, 0.1) is 16.6 Å². The Morgan fingerprint density at radius 3 is 2.31 bits per heavy atom. The minimum Gasteiger partial charge on any atom is -0.480 e. The maximum absolute atomic E-state index is 12.8. The first-order valence-corrected chi connectivity index (χ1v) is 9.06. The van der Waals surface area contributed by atoms with E-state index in [0.717, 1.165) is 6.07 Å². The Balaban J connectivity index is 2.60. The van der Waals surface area contributed by atoms with Crippen molar-refractivity contribution in [3.63, 3.8) is 0 Å². The van der Waals surface area contributed by atoms with Crippen molar-refractivity contribution >= 4 is 35.0 Å². The van der Waals surface area contributed by atoms with Gasteiger partial charge in [0.1, 0.15) is 5.56 Å². The summed E-state index contributed by atoms with van der Waals surface area (Å²) in [6.45, 7) is 3.31. The Hall–Kier alpha value is -3.26. The molecule has 2 atom stereocenters. The van der Waals surface area contributed by atoms with Crippen molar-refractivity contribution < 1.29 is 29.2 Å². The molecule has 9 heteroatoms. The van der Waals surface area contributed by atoms with Gasteiger partial charge in [-0.05, 0) is 43.7 Å². The van der Waals surface area contributed by atoms with Crippen molar-refractivity contribution in [2.75, 3.05) is 0 Å². The predicted octanol–water partition coefficient (Wildman–Crippen LogP) is 3.99. The number of hydrogen-bond donors (Lipinski definition) is 1. The van der Waals surface area contributed by atoms with E-state index in [4.69, 9.17) is 16.3 Å². The topological polar surface area (TPSA) is 124 Å². The molecule has 0 saturated heterocycles. The molecule has 0 aromatic heterocycles. The highest BCUT2D eigenvalue weighted by Gasteiger charge is 2.38. The van der Waals surface area contributed by atoms with Gasteiger partial charge in [-0.2, -0.15) is 0 Å². The number of carboxylic acids is 1. The van der Waals surface area contributed by atoms with Crippen LogP contribution >= 0.6 is 11.6 Å². The number of nitro benzene ring substituents is 1. The van der Waals surface area contributed by atoms with Gasteiger partial charge in [-0.25, -0.2) is 0 Å². The van der Waals surface area contributed by atoms with Crippen LogP contribution in [0.5, 0.6) is 0 Å². The standard InChI is InChI=1S/C20H18ClNO7/c1-3-11(2)29-20(26)16(19(24)25)14-5-4-6-15(17(14)22(27)28)18(23)12-7-9-13(21)10-8-12/h4-11,16H,3H2,1-2H3,(H,24,25). The van der Waals surface area contributed by atoms with Gasteiger partial charge in [0.2, 0.25) is 0 Å². The third-order valence-electron chi connectivity index (χ3n) is 4.29. The summed E-state index contributed by atoms with van der Waals surface area (Å²) in [5.74, 6) is -5.39. The number of para-hydroxylation sites is 1. The molecular formula is C20H18ClNO7. The zero-order valence-electron chi connectivity index (χ0n) is 15.6. The Labute approximate surface area is 171 Å². The Bertz CT molecular complexity index is 956. The number of halogens is 1. The van der Waals surface area contributed by atoms with E-state index in [0.29, 0.717) is 11.4 Å². The number of nitrogens with zero attached hydrogens (tertiary/aromatic N) is 1. The summed E-state index contributed by atoms with van der Waals surface area (Å²) in [6.07, 6.45) is -0.128. The summed E-state index contributed by atoms with van der Waals surface area (Å²) >= 11 is 5.80. The van der Waals surface area contributed by atoms with Gasteiger partial charge in [-0.3, -0.25) is 24.5 Å². The highest BCUT2D eigenvalue weighted by atomic mass is 35.5. The fourth-order valence-electron chi connectivity index (χ4n) is 2.65. The van der Waals surface area contributed by atoms with E-state index < -0.39 is 45.9 Å². The normalized spacial score (nSPS) is 12.7. The summed E-state index contributed by atoms with van der Waals surface area (Å²) in [5.41, 5.74) is -1.38. The number of carbonyl (C=O) groups is 3. The number of hydrogen-bond acceptors (Lipinski definition) is 6. The van der Waals surface area contributed by atoms with E-state index in [2.05, 4.69) is 0 Å². The molecule has 8 nitrogen and oxygen atoms in total. The molecular weight excluding hydrogens is 402 g/mol. The summed E-state index contributed by atoms with van der Waals surface area (Å²) in [4.78, 5) is 47.8. The van der Waals surface area contributed by atoms with E-state index in [9.17, 15) is 29.6 Å². The SMILES string of the molecule is CCC(C)OC(=O)C(C(=O)O)c1cccc(C(=O)c2ccc(Cl)cc2)c1[N+](=O)[O-]. The van der Waals surface area contributed by atoms with Crippen LogP contribution < -0.4 is 0 Å². The van der Waals surface area contributed by atoms with Gasteiger partial charge in [0.25, 0.3) is 5.69 Å². The van der Waals surface area contributed by atoms with Gasteiger partial charge in [0, 0.05) is 10.6 Å². The first kappa shape index (κ1) is 22.0. The fourth-order valence-corrected chi connectivity index (χ4v) is 2.77. The van der Waals surface area contributed by atoms with Crippen LogP contribution in [0.2, 0.25) is 5.02 Å². The van der Waals surface area contributed by atoms with Crippen molar-refractivity contribution in [3.05, 3.63) is 74.3 Å². The average molecular weight is 420 g/mol. The van der Waals surface area contributed by atoms with Crippen molar-refractivity contribution in [2.24, 2.45) is 0 Å². The molecule has 1 N–H and O–H groups in total. The highest BCUT2D eigenvalue weighted by Crippen LogP contribution is 2.33. The summed E-state index contributed by atoms with van der Waals surface area (Å²) in [6, 6.07) is 9.32. The molecule has 0 bridgehead atoms. The van der Waals surface area contributed by atoms with E-state index in [-0.39, 0.29) is 11.1 Å². The van der Waals surface area contributed by atoms with Gasteiger partial charge < -0.3 is 9.84 Å². The molecule has 0 aliphatic carbocycles. The summed E-state index contributed by atoms with van der Waals surface area (Å²) in [5, 5.41) is 21.7. The van der Waals surface area contributed by atoms with Crippen molar-refractivity contribution in [2.45, 2.75) is 32.3 Å². The maximum atomic E-state index is 12.8. The van der Waals surface area contributed by atoms with E-state index in [1.165, 1.54) is 36.4 Å². The molecule has 0 amide bonds. The average Bonchev–Trinajstić information content (AvgIpc) is 2.67. The van der Waals surface area contributed by atoms with E-state index in [1.807, 2.05) is 0 Å². The lowest BCUT2D eigenvalue weighted by Gasteiger charge is -2.17. The monoisotopic (exact) mass is 419 g/mol. The quantitative estimate of drug-likeness (QED) is 0.225. The number of aliphatic carboxylic acids is 1. The molecule has 0 fully saturated rings. The van der Waals surface area contributed by atoms with Crippen LogP contribution in [-0.4, -0.2) is 33.9 Å². The molecule has 0 radical (unpaired) electrons. The van der Waals surface area contributed by atoms with Crippen LogP contribution in [0.1, 0.15) is 47.7 Å². The van der Waals surface area contributed by atoms with Crippen LogP contribution in [0.15, 0.2) is 42.5 Å². The number of nitro groups is 1. The predicted molar refractivity (Wildman–Crippen MR) is 104 cm³/mol. The van der Waals surface area contributed by atoms with Crippen molar-refractivity contribution in [3.8, 4) is 0 Å². The van der Waals surface area contributed by atoms with Gasteiger partial charge >= 0.3 is 11.9 Å². The molecule has 29 heavy (non-hydrogen) atoms. The maximum Gasteiger partial charge on any atom is 0.325 e. The second kappa shape index (κ2) is 9.29. The number of esters is 1. The zero-order valence-corrected chi connectivity index (χ0v) is 16.4. The lowest BCUT2D eigenvalue weighted by atomic mass is 9.92. The summed E-state index contributed by atoms with van der Waals surface area (Å²) in [7, 11) is 0. The number of ketones is 1.